The standard InChI is InChI=1S/C35H37N3O5/c1-21-12-14-28(22(2)16-21)34(26-10-8-7-9-11-26)36-31(39)18-25-13-15-29-27(17-25)19-30(42-29)35(41-20-32(40)38(5)6)33-23(3)37-43-24(33)4/h7-17,19,34-35H,18,20H2,1-6H3,(H,36,39). The molecular weight excluding hydrogens is 542 g/mol. The molecule has 5 rings (SSSR count). The van der Waals surface area contributed by atoms with Crippen molar-refractivity contribution in [2.75, 3.05) is 20.7 Å². The number of carbonyl (C=O) groups is 2. The Morgan fingerprint density at radius 3 is 2.40 bits per heavy atom. The lowest BCUT2D eigenvalue weighted by molar-refractivity contribution is -0.135. The van der Waals surface area contributed by atoms with E-state index in [9.17, 15) is 9.59 Å². The summed E-state index contributed by atoms with van der Waals surface area (Å²) >= 11 is 0. The third kappa shape index (κ3) is 6.70. The number of benzene rings is 3. The maximum absolute atomic E-state index is 13.4. The zero-order chi connectivity index (χ0) is 30.7. The van der Waals surface area contributed by atoms with Crippen LogP contribution in [0.3, 0.4) is 0 Å². The number of hydrogen-bond acceptors (Lipinski definition) is 6. The molecule has 3 aromatic carbocycles. The van der Waals surface area contributed by atoms with Crippen molar-refractivity contribution in [1.82, 2.24) is 15.4 Å². The molecule has 8 heteroatoms. The number of amides is 2. The Morgan fingerprint density at radius 2 is 1.72 bits per heavy atom. The molecule has 0 saturated heterocycles. The molecule has 0 saturated carbocycles. The highest BCUT2D eigenvalue weighted by Crippen LogP contribution is 2.35. The van der Waals surface area contributed by atoms with E-state index in [1.165, 1.54) is 10.5 Å². The van der Waals surface area contributed by atoms with E-state index in [-0.39, 0.29) is 30.9 Å². The van der Waals surface area contributed by atoms with Crippen LogP contribution in [0.1, 0.15) is 62.7 Å². The van der Waals surface area contributed by atoms with E-state index in [1.54, 1.807) is 21.0 Å². The molecular formula is C35H37N3O5. The van der Waals surface area contributed by atoms with Crippen LogP contribution >= 0.6 is 0 Å². The summed E-state index contributed by atoms with van der Waals surface area (Å²) < 4.78 is 17.7. The molecule has 1 N–H and O–H groups in total. The number of ether oxygens (including phenoxy) is 1. The molecule has 2 heterocycles. The lowest BCUT2D eigenvalue weighted by Crippen LogP contribution is -2.31. The number of nitrogens with zero attached hydrogens (tertiary/aromatic N) is 2. The number of fused-ring (bicyclic) bond motifs is 1. The van der Waals surface area contributed by atoms with Gasteiger partial charge in [0, 0.05) is 19.5 Å². The minimum Gasteiger partial charge on any atom is -0.458 e. The quantitative estimate of drug-likeness (QED) is 0.209. The van der Waals surface area contributed by atoms with E-state index in [1.807, 2.05) is 61.5 Å². The van der Waals surface area contributed by atoms with Crippen molar-refractivity contribution >= 4 is 22.8 Å². The SMILES string of the molecule is Cc1ccc(C(NC(=O)Cc2ccc3oc(C(OCC(=O)N(C)C)c4c(C)noc4C)cc3c2)c2ccccc2)c(C)c1. The summed E-state index contributed by atoms with van der Waals surface area (Å²) in [5, 5.41) is 8.15. The van der Waals surface area contributed by atoms with Gasteiger partial charge >= 0.3 is 0 Å². The van der Waals surface area contributed by atoms with E-state index >= 15 is 0 Å². The fourth-order valence-electron chi connectivity index (χ4n) is 5.34. The molecule has 0 aliphatic carbocycles. The van der Waals surface area contributed by atoms with Crippen LogP contribution in [-0.2, 0) is 20.7 Å². The van der Waals surface area contributed by atoms with E-state index in [2.05, 4.69) is 42.5 Å². The molecule has 0 fully saturated rings. The van der Waals surface area contributed by atoms with Crippen molar-refractivity contribution in [1.29, 1.82) is 0 Å². The molecule has 2 unspecified atom stereocenters. The molecule has 2 aromatic heterocycles. The second kappa shape index (κ2) is 12.7. The Balaban J connectivity index is 1.39. The van der Waals surface area contributed by atoms with Gasteiger partial charge in [-0.25, -0.2) is 0 Å². The maximum Gasteiger partial charge on any atom is 0.248 e. The van der Waals surface area contributed by atoms with Crippen molar-refractivity contribution in [3.8, 4) is 0 Å². The van der Waals surface area contributed by atoms with E-state index in [0.717, 1.165) is 33.2 Å². The average Bonchev–Trinajstić information content (AvgIpc) is 3.55. The van der Waals surface area contributed by atoms with Crippen molar-refractivity contribution in [2.24, 2.45) is 0 Å². The molecule has 8 nitrogen and oxygen atoms in total. The summed E-state index contributed by atoms with van der Waals surface area (Å²) in [4.78, 5) is 27.2. The first-order chi connectivity index (χ1) is 20.6. The van der Waals surface area contributed by atoms with Crippen LogP contribution < -0.4 is 5.32 Å². The molecule has 0 spiro atoms. The maximum atomic E-state index is 13.4. The summed E-state index contributed by atoms with van der Waals surface area (Å²) in [5.41, 5.74) is 7.28. The minimum absolute atomic E-state index is 0.0870. The molecule has 2 atom stereocenters. The van der Waals surface area contributed by atoms with Gasteiger partial charge in [0.1, 0.15) is 29.8 Å². The first-order valence-electron chi connectivity index (χ1n) is 14.3. The van der Waals surface area contributed by atoms with Crippen LogP contribution in [0.5, 0.6) is 0 Å². The average molecular weight is 580 g/mol. The molecule has 5 aromatic rings. The Bertz CT molecular complexity index is 1730. The van der Waals surface area contributed by atoms with Crippen LogP contribution in [-0.4, -0.2) is 42.6 Å². The Labute approximate surface area is 251 Å². The van der Waals surface area contributed by atoms with E-state index in [0.29, 0.717) is 22.8 Å². The summed E-state index contributed by atoms with van der Waals surface area (Å²) in [5.74, 6) is 0.859. The topological polar surface area (TPSA) is 97.8 Å². The van der Waals surface area contributed by atoms with Crippen molar-refractivity contribution in [3.63, 3.8) is 0 Å². The van der Waals surface area contributed by atoms with Gasteiger partial charge in [-0.3, -0.25) is 9.59 Å². The van der Waals surface area contributed by atoms with Gasteiger partial charge in [-0.1, -0.05) is 65.3 Å². The molecule has 0 aliphatic rings. The van der Waals surface area contributed by atoms with Crippen molar-refractivity contribution in [2.45, 2.75) is 46.3 Å². The highest BCUT2D eigenvalue weighted by atomic mass is 16.5. The Kier molecular flexibility index (Phi) is 8.78. The lowest BCUT2D eigenvalue weighted by Gasteiger charge is -2.22. The lowest BCUT2D eigenvalue weighted by atomic mass is 9.93. The van der Waals surface area contributed by atoms with Crippen molar-refractivity contribution < 1.29 is 23.3 Å². The summed E-state index contributed by atoms with van der Waals surface area (Å²) in [6.45, 7) is 7.64. The van der Waals surface area contributed by atoms with E-state index < -0.39 is 6.10 Å². The summed E-state index contributed by atoms with van der Waals surface area (Å²) in [7, 11) is 3.36. The van der Waals surface area contributed by atoms with Gasteiger partial charge in [0.05, 0.1) is 23.7 Å². The van der Waals surface area contributed by atoms with Gasteiger partial charge in [0.2, 0.25) is 11.8 Å². The third-order valence-electron chi connectivity index (χ3n) is 7.62. The van der Waals surface area contributed by atoms with Crippen LogP contribution in [0.15, 0.2) is 81.7 Å². The fraction of sp³-hybridized carbons (Fsp3) is 0.286. The Morgan fingerprint density at radius 1 is 0.953 bits per heavy atom. The van der Waals surface area contributed by atoms with Gasteiger partial charge < -0.3 is 23.9 Å². The van der Waals surface area contributed by atoms with Crippen LogP contribution in [0, 0.1) is 27.7 Å². The first-order valence-corrected chi connectivity index (χ1v) is 14.3. The summed E-state index contributed by atoms with van der Waals surface area (Å²) in [6, 6.07) is 23.6. The highest BCUT2D eigenvalue weighted by Gasteiger charge is 2.28. The number of nitrogens with one attached hydrogen (secondary N) is 1. The molecule has 222 valence electrons. The number of likely N-dealkylation sites (N-methyl/N-ethyl adjacent to an activating group) is 1. The summed E-state index contributed by atoms with van der Waals surface area (Å²) in [6.07, 6.45) is -0.482. The minimum atomic E-state index is -0.682. The van der Waals surface area contributed by atoms with Gasteiger partial charge in [-0.15, -0.1) is 0 Å². The largest absolute Gasteiger partial charge is 0.458 e. The van der Waals surface area contributed by atoms with Gasteiger partial charge in [-0.2, -0.15) is 0 Å². The van der Waals surface area contributed by atoms with Crippen LogP contribution in [0.2, 0.25) is 0 Å². The molecule has 43 heavy (non-hydrogen) atoms. The predicted octanol–water partition coefficient (Wildman–Crippen LogP) is 6.30. The smallest absolute Gasteiger partial charge is 0.248 e. The van der Waals surface area contributed by atoms with Gasteiger partial charge in [0.15, 0.2) is 0 Å². The number of aromatic nitrogens is 1. The first kappa shape index (κ1) is 29.8. The van der Waals surface area contributed by atoms with Crippen molar-refractivity contribution in [3.05, 3.63) is 123 Å². The zero-order valence-corrected chi connectivity index (χ0v) is 25.4. The molecule has 2 amide bonds. The van der Waals surface area contributed by atoms with E-state index in [4.69, 9.17) is 13.7 Å². The number of carbonyl (C=O) groups excluding carboxylic acids is 2. The fourth-order valence-corrected chi connectivity index (χ4v) is 5.34. The second-order valence-electron chi connectivity index (χ2n) is 11.2. The van der Waals surface area contributed by atoms with Gasteiger partial charge in [-0.05, 0) is 68.1 Å². The normalized spacial score (nSPS) is 12.7. The third-order valence-corrected chi connectivity index (χ3v) is 7.62. The van der Waals surface area contributed by atoms with Crippen LogP contribution in [0.25, 0.3) is 11.0 Å². The molecule has 0 aliphatic heterocycles. The number of aryl methyl sites for hydroxylation is 4. The molecule has 0 bridgehead atoms. The molecule has 0 radical (unpaired) electrons. The number of hydrogen-bond donors (Lipinski definition) is 1. The van der Waals surface area contributed by atoms with Crippen LogP contribution in [0.4, 0.5) is 0 Å². The number of furan rings is 1. The zero-order valence-electron chi connectivity index (χ0n) is 25.4. The Hall–Kier alpha value is -4.69. The monoisotopic (exact) mass is 579 g/mol. The predicted molar refractivity (Wildman–Crippen MR) is 165 cm³/mol. The number of rotatable bonds is 10. The highest BCUT2D eigenvalue weighted by molar-refractivity contribution is 5.83. The second-order valence-corrected chi connectivity index (χ2v) is 11.2. The van der Waals surface area contributed by atoms with Gasteiger partial charge in [0.25, 0.3) is 0 Å².